The lowest BCUT2D eigenvalue weighted by Crippen LogP contribution is -2.52. The first-order valence-electron chi connectivity index (χ1n) is 12.6. The van der Waals surface area contributed by atoms with Gasteiger partial charge in [-0.2, -0.15) is 5.10 Å². The number of benzene rings is 1. The van der Waals surface area contributed by atoms with E-state index in [-0.39, 0.29) is 36.4 Å². The number of anilines is 1. The minimum Gasteiger partial charge on any atom is -0.383 e. The summed E-state index contributed by atoms with van der Waals surface area (Å²) in [6.07, 6.45) is 3.14. The molecular formula is C27H35N5O4. The number of aromatic amines is 2. The van der Waals surface area contributed by atoms with Gasteiger partial charge in [0.1, 0.15) is 18.8 Å². The van der Waals surface area contributed by atoms with Crippen molar-refractivity contribution in [2.24, 2.45) is 5.41 Å². The third kappa shape index (κ3) is 4.77. The van der Waals surface area contributed by atoms with Gasteiger partial charge in [-0.25, -0.2) is 0 Å². The first-order valence-corrected chi connectivity index (χ1v) is 12.6. The maximum Gasteiger partial charge on any atom is 0.249 e. The Balaban J connectivity index is 1.42. The molecule has 9 nitrogen and oxygen atoms in total. The smallest absolute Gasteiger partial charge is 0.249 e. The van der Waals surface area contributed by atoms with Crippen LogP contribution in [0.2, 0.25) is 0 Å². The molecule has 2 aliphatic rings. The number of rotatable bonds is 7. The zero-order chi connectivity index (χ0) is 25.4. The van der Waals surface area contributed by atoms with Gasteiger partial charge < -0.3 is 24.3 Å². The van der Waals surface area contributed by atoms with Crippen molar-refractivity contribution in [2.75, 3.05) is 44.9 Å². The molecule has 0 spiro atoms. The SMILES string of the molecule is COCCN(C(=O)CN1C(=O)COC[C@H]1C)c1ccc2cc(-c3n[nH]c4c3CCC(C)(C)C4)[nH]c2c1. The molecule has 2 N–H and O–H groups in total. The topological polar surface area (TPSA) is 104 Å². The molecule has 2 aromatic heterocycles. The highest BCUT2D eigenvalue weighted by Crippen LogP contribution is 2.38. The molecule has 3 aromatic rings. The molecular weight excluding hydrogens is 458 g/mol. The molecule has 0 radical (unpaired) electrons. The molecule has 1 fully saturated rings. The van der Waals surface area contributed by atoms with Crippen molar-refractivity contribution in [3.05, 3.63) is 35.5 Å². The minimum atomic E-state index is -0.163. The Labute approximate surface area is 211 Å². The Morgan fingerprint density at radius 2 is 2.17 bits per heavy atom. The van der Waals surface area contributed by atoms with E-state index in [0.29, 0.717) is 19.8 Å². The molecule has 0 bridgehead atoms. The number of hydrogen-bond donors (Lipinski definition) is 2. The number of nitrogens with one attached hydrogen (secondary N) is 2. The quantitative estimate of drug-likeness (QED) is 0.526. The number of fused-ring (bicyclic) bond motifs is 2. The van der Waals surface area contributed by atoms with Crippen LogP contribution in [0.1, 0.15) is 38.4 Å². The average molecular weight is 494 g/mol. The fraction of sp³-hybridized carbons (Fsp3) is 0.519. The van der Waals surface area contributed by atoms with Crippen molar-refractivity contribution in [3.63, 3.8) is 0 Å². The van der Waals surface area contributed by atoms with Gasteiger partial charge in [0.25, 0.3) is 0 Å². The number of nitrogens with zero attached hydrogens (tertiary/aromatic N) is 3. The summed E-state index contributed by atoms with van der Waals surface area (Å²) in [5.41, 5.74) is 6.45. The van der Waals surface area contributed by atoms with E-state index in [1.165, 1.54) is 11.3 Å². The number of amides is 2. The van der Waals surface area contributed by atoms with Gasteiger partial charge in [0.05, 0.1) is 24.9 Å². The highest BCUT2D eigenvalue weighted by atomic mass is 16.5. The zero-order valence-corrected chi connectivity index (χ0v) is 21.5. The van der Waals surface area contributed by atoms with Crippen LogP contribution in [0.5, 0.6) is 0 Å². The molecule has 192 valence electrons. The lowest BCUT2D eigenvalue weighted by Gasteiger charge is -2.34. The van der Waals surface area contributed by atoms with Crippen LogP contribution in [0.25, 0.3) is 22.3 Å². The lowest BCUT2D eigenvalue weighted by molar-refractivity contribution is -0.149. The van der Waals surface area contributed by atoms with Crippen LogP contribution in [0, 0.1) is 5.41 Å². The Morgan fingerprint density at radius 1 is 1.33 bits per heavy atom. The lowest BCUT2D eigenvalue weighted by atomic mass is 9.76. The van der Waals surface area contributed by atoms with E-state index in [1.54, 1.807) is 16.9 Å². The highest BCUT2D eigenvalue weighted by Gasteiger charge is 2.31. The second-order valence-corrected chi connectivity index (χ2v) is 10.7. The van der Waals surface area contributed by atoms with Gasteiger partial charge in [0.15, 0.2) is 0 Å². The predicted molar refractivity (Wildman–Crippen MR) is 138 cm³/mol. The van der Waals surface area contributed by atoms with Gasteiger partial charge in [-0.05, 0) is 49.8 Å². The van der Waals surface area contributed by atoms with Crippen molar-refractivity contribution >= 4 is 28.4 Å². The first kappa shape index (κ1) is 24.5. The second kappa shape index (κ2) is 9.71. The number of H-pyrrole nitrogens is 2. The van der Waals surface area contributed by atoms with E-state index in [1.807, 2.05) is 25.1 Å². The summed E-state index contributed by atoms with van der Waals surface area (Å²) < 4.78 is 10.6. The molecule has 3 heterocycles. The van der Waals surface area contributed by atoms with Gasteiger partial charge in [0.2, 0.25) is 11.8 Å². The van der Waals surface area contributed by atoms with Crippen molar-refractivity contribution in [2.45, 2.75) is 46.1 Å². The number of hydrogen-bond acceptors (Lipinski definition) is 5. The molecule has 2 amide bonds. The maximum absolute atomic E-state index is 13.4. The van der Waals surface area contributed by atoms with Crippen LogP contribution < -0.4 is 4.90 Å². The Morgan fingerprint density at radius 3 is 2.94 bits per heavy atom. The summed E-state index contributed by atoms with van der Waals surface area (Å²) >= 11 is 0. The highest BCUT2D eigenvalue weighted by molar-refractivity contribution is 5.99. The number of morpholine rings is 1. The molecule has 9 heteroatoms. The van der Waals surface area contributed by atoms with E-state index < -0.39 is 0 Å². The largest absolute Gasteiger partial charge is 0.383 e. The summed E-state index contributed by atoms with van der Waals surface area (Å²) in [6, 6.07) is 7.92. The molecule has 36 heavy (non-hydrogen) atoms. The summed E-state index contributed by atoms with van der Waals surface area (Å²) in [5, 5.41) is 8.96. The number of aromatic nitrogens is 3. The normalized spacial score (nSPS) is 19.5. The van der Waals surface area contributed by atoms with E-state index in [0.717, 1.165) is 47.2 Å². The van der Waals surface area contributed by atoms with Crippen LogP contribution in [0.15, 0.2) is 24.3 Å². The van der Waals surface area contributed by atoms with E-state index in [2.05, 4.69) is 35.1 Å². The summed E-state index contributed by atoms with van der Waals surface area (Å²) in [5.74, 6) is -0.312. The van der Waals surface area contributed by atoms with Crippen LogP contribution in [0.4, 0.5) is 5.69 Å². The van der Waals surface area contributed by atoms with Gasteiger partial charge in [-0.1, -0.05) is 19.9 Å². The van der Waals surface area contributed by atoms with Crippen molar-refractivity contribution < 1.29 is 19.1 Å². The average Bonchev–Trinajstić information content (AvgIpc) is 3.44. The second-order valence-electron chi connectivity index (χ2n) is 10.7. The third-order valence-corrected chi connectivity index (χ3v) is 7.40. The number of carbonyl (C=O) groups excluding carboxylic acids is 2. The molecule has 5 rings (SSSR count). The molecule has 1 saturated heterocycles. The van der Waals surface area contributed by atoms with Crippen molar-refractivity contribution in [3.8, 4) is 11.4 Å². The number of ether oxygens (including phenoxy) is 2. The maximum atomic E-state index is 13.4. The monoisotopic (exact) mass is 493 g/mol. The first-order chi connectivity index (χ1) is 17.3. The molecule has 1 atom stereocenters. The fourth-order valence-corrected chi connectivity index (χ4v) is 5.27. The Bertz CT molecular complexity index is 1280. The molecule has 1 aliphatic carbocycles. The summed E-state index contributed by atoms with van der Waals surface area (Å²) in [6.45, 7) is 7.73. The summed E-state index contributed by atoms with van der Waals surface area (Å²) in [4.78, 5) is 32.5. The molecule has 1 aliphatic heterocycles. The predicted octanol–water partition coefficient (Wildman–Crippen LogP) is 3.30. The van der Waals surface area contributed by atoms with Gasteiger partial charge in [-0.3, -0.25) is 14.7 Å². The van der Waals surface area contributed by atoms with E-state index >= 15 is 0 Å². The van der Waals surface area contributed by atoms with Crippen LogP contribution in [-0.4, -0.2) is 78.0 Å². The number of methoxy groups -OCH3 is 1. The zero-order valence-electron chi connectivity index (χ0n) is 21.5. The Hall–Kier alpha value is -3.17. The Kier molecular flexibility index (Phi) is 6.61. The third-order valence-electron chi connectivity index (χ3n) is 7.40. The van der Waals surface area contributed by atoms with Gasteiger partial charge >= 0.3 is 0 Å². The van der Waals surface area contributed by atoms with Crippen molar-refractivity contribution in [1.82, 2.24) is 20.1 Å². The minimum absolute atomic E-state index is 0.0108. The van der Waals surface area contributed by atoms with Gasteiger partial charge in [0, 0.05) is 41.5 Å². The standard InChI is InChI=1S/C27H35N5O4/c1-17-15-36-16-25(34)32(17)14-24(33)31(9-10-35-4)19-6-5-18-11-22(28-21(18)12-19)26-20-7-8-27(2,3)13-23(20)29-30-26/h5-6,11-12,17,28H,7-10,13-16H2,1-4H3,(H,29,30)/t17-/m1/s1. The number of carbonyl (C=O) groups is 2. The van der Waals surface area contributed by atoms with E-state index in [4.69, 9.17) is 9.47 Å². The fourth-order valence-electron chi connectivity index (χ4n) is 5.27. The van der Waals surface area contributed by atoms with Crippen molar-refractivity contribution in [1.29, 1.82) is 0 Å². The van der Waals surface area contributed by atoms with Gasteiger partial charge in [-0.15, -0.1) is 0 Å². The molecule has 0 saturated carbocycles. The van der Waals surface area contributed by atoms with Crippen LogP contribution in [0.3, 0.4) is 0 Å². The molecule has 1 aromatic carbocycles. The van der Waals surface area contributed by atoms with Crippen LogP contribution in [-0.2, 0) is 31.9 Å². The molecule has 0 unspecified atom stereocenters. The van der Waals surface area contributed by atoms with E-state index in [9.17, 15) is 9.59 Å². The summed E-state index contributed by atoms with van der Waals surface area (Å²) in [7, 11) is 1.61. The van der Waals surface area contributed by atoms with Crippen LogP contribution >= 0.6 is 0 Å².